The molecule has 80 valence electrons. The Morgan fingerprint density at radius 3 is 2.93 bits per heavy atom. The summed E-state index contributed by atoms with van der Waals surface area (Å²) in [6.07, 6.45) is 1.07. The molecule has 0 saturated carbocycles. The molecule has 0 fully saturated rings. The van der Waals surface area contributed by atoms with Gasteiger partial charge in [-0.25, -0.2) is 0 Å². The molecule has 1 aromatic heterocycles. The van der Waals surface area contributed by atoms with Gasteiger partial charge in [0.05, 0.1) is 6.61 Å². The molecule has 4 heteroatoms. The molecule has 0 amide bonds. The number of hydrogen-bond donors (Lipinski definition) is 2. The average Bonchev–Trinajstić information content (AvgIpc) is 2.59. The van der Waals surface area contributed by atoms with E-state index in [4.69, 9.17) is 10.5 Å². The largest absolute Gasteiger partial charge is 0.398 e. The van der Waals surface area contributed by atoms with Crippen molar-refractivity contribution >= 4 is 17.0 Å². The maximum absolute atomic E-state index is 5.78. The number of methoxy groups -OCH3 is 1. The molecular weight excluding hydrogens is 196 g/mol. The number of nitrogens with one attached hydrogen (secondary N) is 1. The van der Waals surface area contributed by atoms with Crippen LogP contribution in [0.15, 0.2) is 11.4 Å². The summed E-state index contributed by atoms with van der Waals surface area (Å²) >= 11 is 1.69. The van der Waals surface area contributed by atoms with E-state index in [0.717, 1.165) is 25.3 Å². The van der Waals surface area contributed by atoms with Crippen LogP contribution in [0, 0.1) is 0 Å². The van der Waals surface area contributed by atoms with Gasteiger partial charge in [-0.3, -0.25) is 0 Å². The van der Waals surface area contributed by atoms with Gasteiger partial charge < -0.3 is 15.8 Å². The number of anilines is 1. The molecule has 1 aromatic rings. The molecule has 1 unspecified atom stereocenters. The minimum absolute atomic E-state index is 0.418. The molecule has 1 rings (SSSR count). The van der Waals surface area contributed by atoms with Gasteiger partial charge in [0, 0.05) is 30.3 Å². The number of hydrogen-bond acceptors (Lipinski definition) is 4. The summed E-state index contributed by atoms with van der Waals surface area (Å²) in [4.78, 5) is 1.21. The molecule has 0 spiro atoms. The molecule has 3 N–H and O–H groups in total. The van der Waals surface area contributed by atoms with Crippen molar-refractivity contribution in [3.8, 4) is 0 Å². The van der Waals surface area contributed by atoms with E-state index in [1.165, 1.54) is 4.88 Å². The van der Waals surface area contributed by atoms with E-state index in [1.54, 1.807) is 18.4 Å². The first-order valence-corrected chi connectivity index (χ1v) is 5.70. The molecule has 0 aliphatic rings. The zero-order chi connectivity index (χ0) is 10.4. The first-order valence-electron chi connectivity index (χ1n) is 4.82. The van der Waals surface area contributed by atoms with Crippen LogP contribution in [-0.4, -0.2) is 19.8 Å². The lowest BCUT2D eigenvalue weighted by Gasteiger charge is -2.15. The van der Waals surface area contributed by atoms with Crippen LogP contribution in [0.2, 0.25) is 0 Å². The minimum atomic E-state index is 0.418. The van der Waals surface area contributed by atoms with Crippen molar-refractivity contribution in [3.63, 3.8) is 0 Å². The van der Waals surface area contributed by atoms with Crippen LogP contribution in [0.3, 0.4) is 0 Å². The van der Waals surface area contributed by atoms with Crippen molar-refractivity contribution in [1.82, 2.24) is 5.32 Å². The number of nitrogens with two attached hydrogens (primary N) is 1. The molecule has 0 aliphatic heterocycles. The summed E-state index contributed by atoms with van der Waals surface area (Å²) in [7, 11) is 1.73. The van der Waals surface area contributed by atoms with Crippen molar-refractivity contribution in [3.05, 3.63) is 16.3 Å². The Morgan fingerprint density at radius 1 is 1.64 bits per heavy atom. The summed E-state index contributed by atoms with van der Waals surface area (Å²) < 4.78 is 5.10. The lowest BCUT2D eigenvalue weighted by Crippen LogP contribution is -2.31. The molecule has 0 aliphatic carbocycles. The first kappa shape index (κ1) is 11.5. The Hall–Kier alpha value is -0.580. The third-order valence-electron chi connectivity index (χ3n) is 2.19. The zero-order valence-electron chi connectivity index (χ0n) is 8.75. The topological polar surface area (TPSA) is 47.3 Å². The predicted octanol–water partition coefficient (Wildman–Crippen LogP) is 1.84. The van der Waals surface area contributed by atoms with E-state index in [-0.39, 0.29) is 0 Å². The normalized spacial score (nSPS) is 13.0. The highest BCUT2D eigenvalue weighted by atomic mass is 32.1. The fraction of sp³-hybridized carbons (Fsp3) is 0.600. The molecule has 0 aromatic carbocycles. The number of thiophene rings is 1. The van der Waals surface area contributed by atoms with Crippen LogP contribution in [0.5, 0.6) is 0 Å². The van der Waals surface area contributed by atoms with Crippen molar-refractivity contribution in [2.45, 2.75) is 25.9 Å². The Bertz CT molecular complexity index is 262. The van der Waals surface area contributed by atoms with Gasteiger partial charge in [-0.1, -0.05) is 6.92 Å². The van der Waals surface area contributed by atoms with Crippen molar-refractivity contribution in [1.29, 1.82) is 0 Å². The van der Waals surface area contributed by atoms with Crippen LogP contribution in [-0.2, 0) is 11.3 Å². The summed E-state index contributed by atoms with van der Waals surface area (Å²) in [6.45, 7) is 3.74. The van der Waals surface area contributed by atoms with Gasteiger partial charge in [-0.2, -0.15) is 0 Å². The van der Waals surface area contributed by atoms with Gasteiger partial charge in [-0.15, -0.1) is 11.3 Å². The van der Waals surface area contributed by atoms with Crippen LogP contribution < -0.4 is 11.1 Å². The van der Waals surface area contributed by atoms with E-state index in [2.05, 4.69) is 12.2 Å². The van der Waals surface area contributed by atoms with Crippen molar-refractivity contribution in [2.75, 3.05) is 19.5 Å². The molecule has 0 saturated heterocycles. The molecule has 3 nitrogen and oxygen atoms in total. The second-order valence-electron chi connectivity index (χ2n) is 3.24. The molecule has 0 radical (unpaired) electrons. The lowest BCUT2D eigenvalue weighted by molar-refractivity contribution is 0.164. The van der Waals surface area contributed by atoms with Gasteiger partial charge in [0.2, 0.25) is 0 Å². The fourth-order valence-corrected chi connectivity index (χ4v) is 2.00. The van der Waals surface area contributed by atoms with Gasteiger partial charge in [0.25, 0.3) is 0 Å². The molecule has 0 bridgehead atoms. The molecule has 1 heterocycles. The van der Waals surface area contributed by atoms with Crippen molar-refractivity contribution < 1.29 is 4.74 Å². The van der Waals surface area contributed by atoms with Crippen LogP contribution in [0.25, 0.3) is 0 Å². The minimum Gasteiger partial charge on any atom is -0.398 e. The van der Waals surface area contributed by atoms with E-state index < -0.39 is 0 Å². The Morgan fingerprint density at radius 2 is 2.43 bits per heavy atom. The van der Waals surface area contributed by atoms with E-state index in [1.807, 2.05) is 11.4 Å². The number of ether oxygens (including phenoxy) is 1. The van der Waals surface area contributed by atoms with E-state index in [9.17, 15) is 0 Å². The predicted molar refractivity (Wildman–Crippen MR) is 61.5 cm³/mol. The fourth-order valence-electron chi connectivity index (χ4n) is 1.25. The van der Waals surface area contributed by atoms with Gasteiger partial charge in [-0.05, 0) is 17.9 Å². The third kappa shape index (κ3) is 3.29. The molecule has 14 heavy (non-hydrogen) atoms. The lowest BCUT2D eigenvalue weighted by atomic mass is 10.2. The quantitative estimate of drug-likeness (QED) is 0.759. The molecule has 1 atom stereocenters. The summed E-state index contributed by atoms with van der Waals surface area (Å²) in [5, 5.41) is 5.44. The van der Waals surface area contributed by atoms with Crippen molar-refractivity contribution in [2.24, 2.45) is 0 Å². The van der Waals surface area contributed by atoms with E-state index in [0.29, 0.717) is 6.04 Å². The second kappa shape index (κ2) is 6.01. The van der Waals surface area contributed by atoms with Crippen LogP contribution in [0.4, 0.5) is 5.69 Å². The highest BCUT2D eigenvalue weighted by Gasteiger charge is 2.06. The standard InChI is InChI=1S/C10H18N2OS/c1-3-8(7-13-2)12-6-10-9(11)4-5-14-10/h4-5,8,12H,3,6-7,11H2,1-2H3. The summed E-state index contributed by atoms with van der Waals surface area (Å²) in [6, 6.07) is 2.36. The highest BCUT2D eigenvalue weighted by Crippen LogP contribution is 2.18. The monoisotopic (exact) mass is 214 g/mol. The van der Waals surface area contributed by atoms with Gasteiger partial charge >= 0.3 is 0 Å². The second-order valence-corrected chi connectivity index (χ2v) is 4.24. The zero-order valence-corrected chi connectivity index (χ0v) is 9.56. The third-order valence-corrected chi connectivity index (χ3v) is 3.13. The van der Waals surface area contributed by atoms with E-state index >= 15 is 0 Å². The Kier molecular flexibility index (Phi) is 4.93. The first-order chi connectivity index (χ1) is 6.77. The molecular formula is C10H18N2OS. The Labute approximate surface area is 89.3 Å². The SMILES string of the molecule is CCC(COC)NCc1sccc1N. The van der Waals surface area contributed by atoms with Gasteiger partial charge in [0.15, 0.2) is 0 Å². The number of nitrogen functional groups attached to an aromatic ring is 1. The van der Waals surface area contributed by atoms with Crippen LogP contribution in [0.1, 0.15) is 18.2 Å². The maximum Gasteiger partial charge on any atom is 0.0615 e. The number of rotatable bonds is 6. The summed E-state index contributed by atoms with van der Waals surface area (Å²) in [5.41, 5.74) is 6.67. The smallest absolute Gasteiger partial charge is 0.0615 e. The van der Waals surface area contributed by atoms with Gasteiger partial charge in [0.1, 0.15) is 0 Å². The average molecular weight is 214 g/mol. The van der Waals surface area contributed by atoms with Crippen LogP contribution >= 0.6 is 11.3 Å². The Balaban J connectivity index is 2.35. The summed E-state index contributed by atoms with van der Waals surface area (Å²) in [5.74, 6) is 0. The highest BCUT2D eigenvalue weighted by molar-refractivity contribution is 7.10. The maximum atomic E-state index is 5.78.